The van der Waals surface area contributed by atoms with E-state index in [4.69, 9.17) is 5.11 Å². The maximum atomic E-state index is 12.0. The van der Waals surface area contributed by atoms with Crippen molar-refractivity contribution in [3.8, 4) is 0 Å². The fourth-order valence-electron chi connectivity index (χ4n) is 4.14. The second-order valence-electron chi connectivity index (χ2n) is 9.50. The smallest absolute Gasteiger partial charge is 0.328 e. The molecular formula is C28H54N2O3. The summed E-state index contributed by atoms with van der Waals surface area (Å²) in [6.45, 7) is 6.18. The number of rotatable bonds is 25. The van der Waals surface area contributed by atoms with Gasteiger partial charge in [-0.3, -0.25) is 10.2 Å². The van der Waals surface area contributed by atoms with Gasteiger partial charge < -0.3 is 5.11 Å². The fraction of sp³-hybridized carbons (Fsp3) is 0.857. The van der Waals surface area contributed by atoms with Crippen molar-refractivity contribution in [1.82, 2.24) is 10.4 Å². The maximum Gasteiger partial charge on any atom is 0.328 e. The monoisotopic (exact) mass is 466 g/mol. The molecule has 0 atom stereocenters. The van der Waals surface area contributed by atoms with Crippen LogP contribution in [0.25, 0.3) is 0 Å². The van der Waals surface area contributed by atoms with Crippen molar-refractivity contribution in [1.29, 1.82) is 0 Å². The van der Waals surface area contributed by atoms with Crippen LogP contribution in [0.5, 0.6) is 0 Å². The third kappa shape index (κ3) is 25.1. The average Bonchev–Trinajstić information content (AvgIpc) is 2.79. The van der Waals surface area contributed by atoms with E-state index in [0.717, 1.165) is 38.1 Å². The van der Waals surface area contributed by atoms with Crippen LogP contribution in [0.15, 0.2) is 12.2 Å². The lowest BCUT2D eigenvalue weighted by Crippen LogP contribution is -2.42. The van der Waals surface area contributed by atoms with Crippen LogP contribution in [-0.4, -0.2) is 35.1 Å². The lowest BCUT2D eigenvalue weighted by atomic mass is 10.1. The molecule has 0 saturated carbocycles. The third-order valence-electron chi connectivity index (χ3n) is 6.21. The Morgan fingerprint density at radius 2 is 0.909 bits per heavy atom. The Balaban J connectivity index is 3.99. The van der Waals surface area contributed by atoms with Gasteiger partial charge in [0.2, 0.25) is 0 Å². The highest BCUT2D eigenvalue weighted by atomic mass is 16.4. The number of nitrogens with one attached hydrogen (secondary N) is 1. The number of hydrogen-bond acceptors (Lipinski definition) is 3. The summed E-state index contributed by atoms with van der Waals surface area (Å²) < 4.78 is 0. The van der Waals surface area contributed by atoms with E-state index in [2.05, 4.69) is 19.3 Å². The second kappa shape index (κ2) is 25.3. The quantitative estimate of drug-likeness (QED) is 0.0818. The van der Waals surface area contributed by atoms with Gasteiger partial charge >= 0.3 is 5.97 Å². The predicted molar refractivity (Wildman–Crippen MR) is 140 cm³/mol. The topological polar surface area (TPSA) is 69.6 Å². The lowest BCUT2D eigenvalue weighted by molar-refractivity contribution is -0.132. The average molecular weight is 467 g/mol. The van der Waals surface area contributed by atoms with Gasteiger partial charge in [-0.15, -0.1) is 0 Å². The number of unbranched alkanes of at least 4 members (excludes halogenated alkanes) is 18. The molecule has 0 unspecified atom stereocenters. The minimum absolute atomic E-state index is 0.350. The molecular weight excluding hydrogens is 412 g/mol. The molecule has 0 aromatic carbocycles. The number of amides is 1. The highest BCUT2D eigenvalue weighted by Gasteiger charge is 2.07. The Bertz CT molecular complexity index is 456. The van der Waals surface area contributed by atoms with E-state index in [1.807, 2.05) is 5.01 Å². The van der Waals surface area contributed by atoms with Crippen LogP contribution >= 0.6 is 0 Å². The Morgan fingerprint density at radius 1 is 0.576 bits per heavy atom. The van der Waals surface area contributed by atoms with E-state index in [9.17, 15) is 9.59 Å². The molecule has 0 aromatic rings. The summed E-state index contributed by atoms with van der Waals surface area (Å²) in [6, 6.07) is 0. The molecule has 0 aromatic heterocycles. The van der Waals surface area contributed by atoms with Crippen LogP contribution in [0.4, 0.5) is 0 Å². The van der Waals surface area contributed by atoms with Crippen molar-refractivity contribution in [2.75, 3.05) is 13.1 Å². The number of nitrogens with zero attached hydrogens (tertiary/aromatic N) is 1. The molecule has 5 nitrogen and oxygen atoms in total. The number of hydrazine groups is 1. The summed E-state index contributed by atoms with van der Waals surface area (Å²) in [4.78, 5) is 22.7. The molecule has 2 N–H and O–H groups in total. The van der Waals surface area contributed by atoms with Crippen LogP contribution in [0.1, 0.15) is 142 Å². The summed E-state index contributed by atoms with van der Waals surface area (Å²) in [5.74, 6) is -1.45. The fourth-order valence-corrected chi connectivity index (χ4v) is 4.14. The first kappa shape index (κ1) is 31.6. The Morgan fingerprint density at radius 3 is 1.24 bits per heavy atom. The summed E-state index contributed by atoms with van der Waals surface area (Å²) in [5, 5.41) is 10.7. The Kier molecular flexibility index (Phi) is 24.2. The van der Waals surface area contributed by atoms with E-state index in [1.54, 1.807) is 0 Å². The van der Waals surface area contributed by atoms with Gasteiger partial charge in [-0.2, -0.15) is 0 Å². The Labute approximate surface area is 204 Å². The highest BCUT2D eigenvalue weighted by molar-refractivity contribution is 5.93. The van der Waals surface area contributed by atoms with Gasteiger partial charge in [0.15, 0.2) is 0 Å². The molecule has 0 rings (SSSR count). The zero-order valence-electron chi connectivity index (χ0n) is 21.9. The summed E-state index contributed by atoms with van der Waals surface area (Å²) in [6.07, 6.45) is 27.8. The molecule has 194 valence electrons. The standard InChI is InChI=1S/C28H54N2O3/c1-3-5-7-9-11-13-15-17-19-21-25-30(29-27(31)23-24-28(32)33)26-22-20-18-16-14-12-10-8-6-4-2/h23-24H,3-22,25-26H2,1-2H3,(H,29,31)(H,32,33). The summed E-state index contributed by atoms with van der Waals surface area (Å²) >= 11 is 0. The van der Waals surface area contributed by atoms with Crippen molar-refractivity contribution in [2.24, 2.45) is 0 Å². The van der Waals surface area contributed by atoms with E-state index in [-0.39, 0.29) is 5.91 Å². The first-order valence-corrected chi connectivity index (χ1v) is 14.1. The number of carboxylic acids is 1. The van der Waals surface area contributed by atoms with Crippen molar-refractivity contribution in [3.05, 3.63) is 12.2 Å². The second-order valence-corrected chi connectivity index (χ2v) is 9.50. The zero-order valence-corrected chi connectivity index (χ0v) is 21.9. The minimum atomic E-state index is -1.10. The summed E-state index contributed by atoms with van der Waals surface area (Å²) in [7, 11) is 0. The van der Waals surface area contributed by atoms with Crippen molar-refractivity contribution in [3.63, 3.8) is 0 Å². The molecule has 0 saturated heterocycles. The number of carbonyl (C=O) groups excluding carboxylic acids is 1. The number of hydrogen-bond donors (Lipinski definition) is 2. The van der Waals surface area contributed by atoms with Crippen LogP contribution in [0.2, 0.25) is 0 Å². The van der Waals surface area contributed by atoms with Gasteiger partial charge in [0.05, 0.1) is 0 Å². The molecule has 0 spiro atoms. The van der Waals surface area contributed by atoms with Crippen molar-refractivity contribution >= 4 is 11.9 Å². The van der Waals surface area contributed by atoms with E-state index in [1.165, 1.54) is 116 Å². The van der Waals surface area contributed by atoms with Crippen LogP contribution in [0, 0.1) is 0 Å². The molecule has 5 heteroatoms. The minimum Gasteiger partial charge on any atom is -0.478 e. The van der Waals surface area contributed by atoms with Gasteiger partial charge in [0.1, 0.15) is 0 Å². The predicted octanol–water partition coefficient (Wildman–Crippen LogP) is 7.80. The Hall–Kier alpha value is -1.36. The van der Waals surface area contributed by atoms with Gasteiger partial charge in [-0.1, -0.05) is 129 Å². The first-order chi connectivity index (χ1) is 16.1. The maximum absolute atomic E-state index is 12.0. The van der Waals surface area contributed by atoms with Gasteiger partial charge in [-0.05, 0) is 12.8 Å². The summed E-state index contributed by atoms with van der Waals surface area (Å²) in [5.41, 5.74) is 2.88. The van der Waals surface area contributed by atoms with E-state index in [0.29, 0.717) is 0 Å². The molecule has 0 aliphatic carbocycles. The first-order valence-electron chi connectivity index (χ1n) is 14.1. The normalized spacial score (nSPS) is 11.5. The van der Waals surface area contributed by atoms with Crippen LogP contribution < -0.4 is 5.43 Å². The van der Waals surface area contributed by atoms with Gasteiger partial charge in [0, 0.05) is 25.2 Å². The zero-order chi connectivity index (χ0) is 24.4. The van der Waals surface area contributed by atoms with E-state index >= 15 is 0 Å². The highest BCUT2D eigenvalue weighted by Crippen LogP contribution is 2.12. The number of carbonyl (C=O) groups is 2. The van der Waals surface area contributed by atoms with E-state index < -0.39 is 5.97 Å². The molecule has 1 amide bonds. The molecule has 0 aliphatic rings. The third-order valence-corrected chi connectivity index (χ3v) is 6.21. The number of carboxylic acid groups (broad SMARTS) is 1. The van der Waals surface area contributed by atoms with Gasteiger partial charge in [0.25, 0.3) is 5.91 Å². The largest absolute Gasteiger partial charge is 0.478 e. The van der Waals surface area contributed by atoms with Crippen molar-refractivity contribution < 1.29 is 14.7 Å². The molecule has 0 fully saturated rings. The molecule has 0 radical (unpaired) electrons. The SMILES string of the molecule is CCCCCCCCCCCCN(CCCCCCCCCCCC)NC(=O)C=CC(=O)O. The molecule has 0 heterocycles. The van der Waals surface area contributed by atoms with Gasteiger partial charge in [-0.25, -0.2) is 9.80 Å². The molecule has 0 bridgehead atoms. The van der Waals surface area contributed by atoms with Crippen LogP contribution in [-0.2, 0) is 9.59 Å². The lowest BCUT2D eigenvalue weighted by Gasteiger charge is -2.22. The van der Waals surface area contributed by atoms with Crippen LogP contribution in [0.3, 0.4) is 0 Å². The number of aliphatic carboxylic acids is 1. The molecule has 33 heavy (non-hydrogen) atoms. The van der Waals surface area contributed by atoms with Crippen molar-refractivity contribution in [2.45, 2.75) is 142 Å². The molecule has 0 aliphatic heterocycles.